The Labute approximate surface area is 198 Å². The van der Waals surface area contributed by atoms with E-state index in [1.807, 2.05) is 41.3 Å². The van der Waals surface area contributed by atoms with Gasteiger partial charge in [-0.05, 0) is 41.5 Å². The number of nitrogens with zero attached hydrogens (tertiary/aromatic N) is 5. The smallest absolute Gasteiger partial charge is 0.154 e. The minimum atomic E-state index is 0.557. The number of hydrogen-bond donors (Lipinski definition) is 2. The second kappa shape index (κ2) is 8.03. The summed E-state index contributed by atoms with van der Waals surface area (Å²) in [5.74, 6) is 0.723. The van der Waals surface area contributed by atoms with E-state index in [4.69, 9.17) is 28.3 Å². The molecule has 0 aliphatic heterocycles. The maximum Gasteiger partial charge on any atom is 0.154 e. The molecule has 9 heteroatoms. The van der Waals surface area contributed by atoms with Crippen LogP contribution in [0.5, 0.6) is 0 Å². The fraction of sp³-hybridized carbons (Fsp3) is 0.0833. The van der Waals surface area contributed by atoms with E-state index in [1.165, 1.54) is 0 Å². The van der Waals surface area contributed by atoms with Gasteiger partial charge in [0.1, 0.15) is 11.2 Å². The van der Waals surface area contributed by atoms with Crippen LogP contribution >= 0.6 is 23.2 Å². The highest BCUT2D eigenvalue weighted by Gasteiger charge is 2.10. The van der Waals surface area contributed by atoms with Crippen LogP contribution in [0.15, 0.2) is 67.4 Å². The Bertz CT molecular complexity index is 1640. The molecule has 0 fully saturated rings. The highest BCUT2D eigenvalue weighted by molar-refractivity contribution is 6.35. The summed E-state index contributed by atoms with van der Waals surface area (Å²) in [6.07, 6.45) is 9.03. The SMILES string of the molecule is Clc1cnc2ccc(Cn3cc4ccnc(NCc5cnc6[nH]cc(Cl)c6c5)c4n3)cc2c1. The van der Waals surface area contributed by atoms with Crippen LogP contribution in [0.1, 0.15) is 11.1 Å². The predicted octanol–water partition coefficient (Wildman–Crippen LogP) is 5.82. The first-order valence-corrected chi connectivity index (χ1v) is 11.1. The van der Waals surface area contributed by atoms with Gasteiger partial charge in [-0.25, -0.2) is 9.97 Å². The molecule has 7 nitrogen and oxygen atoms in total. The van der Waals surface area contributed by atoms with Crippen molar-refractivity contribution < 1.29 is 0 Å². The molecular formula is C24H17Cl2N7. The molecule has 0 atom stereocenters. The summed E-state index contributed by atoms with van der Waals surface area (Å²) in [4.78, 5) is 16.3. The third-order valence-electron chi connectivity index (χ3n) is 5.53. The molecule has 5 aromatic heterocycles. The zero-order valence-corrected chi connectivity index (χ0v) is 18.8. The van der Waals surface area contributed by atoms with E-state index in [0.717, 1.165) is 49.8 Å². The molecule has 0 spiro atoms. The first-order valence-electron chi connectivity index (χ1n) is 10.3. The molecule has 6 rings (SSSR count). The molecule has 2 N–H and O–H groups in total. The van der Waals surface area contributed by atoms with Gasteiger partial charge in [-0.2, -0.15) is 5.10 Å². The number of benzene rings is 1. The molecule has 0 aliphatic carbocycles. The van der Waals surface area contributed by atoms with E-state index in [1.54, 1.807) is 18.6 Å². The van der Waals surface area contributed by atoms with Gasteiger partial charge >= 0.3 is 0 Å². The Morgan fingerprint density at radius 2 is 1.88 bits per heavy atom. The Morgan fingerprint density at radius 3 is 2.82 bits per heavy atom. The number of aromatic amines is 1. The zero-order valence-electron chi connectivity index (χ0n) is 17.3. The number of nitrogens with one attached hydrogen (secondary N) is 2. The number of anilines is 1. The lowest BCUT2D eigenvalue weighted by atomic mass is 10.1. The molecular weight excluding hydrogens is 457 g/mol. The molecule has 0 amide bonds. The summed E-state index contributed by atoms with van der Waals surface area (Å²) in [6, 6.07) is 12.1. The first kappa shape index (κ1) is 20.0. The van der Waals surface area contributed by atoms with Gasteiger partial charge in [0.15, 0.2) is 5.82 Å². The lowest BCUT2D eigenvalue weighted by molar-refractivity contribution is 0.696. The number of fused-ring (bicyclic) bond motifs is 3. The molecule has 0 saturated carbocycles. The average Bonchev–Trinajstić information content (AvgIpc) is 3.40. The fourth-order valence-electron chi connectivity index (χ4n) is 3.94. The van der Waals surface area contributed by atoms with Crippen LogP contribution in [-0.4, -0.2) is 29.7 Å². The Hall–Kier alpha value is -3.68. The molecule has 1 aromatic carbocycles. The lowest BCUT2D eigenvalue weighted by Crippen LogP contribution is -2.03. The van der Waals surface area contributed by atoms with Gasteiger partial charge in [0.2, 0.25) is 0 Å². The second-order valence-corrected chi connectivity index (χ2v) is 8.68. The van der Waals surface area contributed by atoms with E-state index >= 15 is 0 Å². The largest absolute Gasteiger partial charge is 0.364 e. The van der Waals surface area contributed by atoms with Gasteiger partial charge in [0, 0.05) is 53.7 Å². The number of hydrogen-bond acceptors (Lipinski definition) is 5. The minimum absolute atomic E-state index is 0.557. The van der Waals surface area contributed by atoms with Crippen molar-refractivity contribution in [2.45, 2.75) is 13.1 Å². The predicted molar refractivity (Wildman–Crippen MR) is 132 cm³/mol. The minimum Gasteiger partial charge on any atom is -0.364 e. The highest BCUT2D eigenvalue weighted by Crippen LogP contribution is 2.24. The number of H-pyrrole nitrogens is 1. The van der Waals surface area contributed by atoms with Crippen LogP contribution in [0.25, 0.3) is 32.8 Å². The molecule has 33 heavy (non-hydrogen) atoms. The molecule has 162 valence electrons. The van der Waals surface area contributed by atoms with Crippen molar-refractivity contribution in [1.82, 2.24) is 29.7 Å². The van der Waals surface area contributed by atoms with Crippen LogP contribution in [0, 0.1) is 0 Å². The van der Waals surface area contributed by atoms with Crippen molar-refractivity contribution in [3.05, 3.63) is 88.6 Å². The molecule has 6 aromatic rings. The van der Waals surface area contributed by atoms with Crippen molar-refractivity contribution in [3.63, 3.8) is 0 Å². The highest BCUT2D eigenvalue weighted by atomic mass is 35.5. The molecule has 0 unspecified atom stereocenters. The van der Waals surface area contributed by atoms with Crippen molar-refractivity contribution in [1.29, 1.82) is 0 Å². The van der Waals surface area contributed by atoms with Crippen LogP contribution in [0.4, 0.5) is 5.82 Å². The van der Waals surface area contributed by atoms with Gasteiger partial charge in [-0.3, -0.25) is 9.67 Å². The van der Waals surface area contributed by atoms with Crippen molar-refractivity contribution >= 4 is 61.9 Å². The summed E-state index contributed by atoms with van der Waals surface area (Å²) in [6.45, 7) is 1.19. The summed E-state index contributed by atoms with van der Waals surface area (Å²) >= 11 is 12.3. The number of rotatable bonds is 5. The summed E-state index contributed by atoms with van der Waals surface area (Å²) in [5.41, 5.74) is 4.62. The van der Waals surface area contributed by atoms with E-state index < -0.39 is 0 Å². The zero-order chi connectivity index (χ0) is 22.4. The molecule has 0 saturated heterocycles. The number of halogens is 2. The quantitative estimate of drug-likeness (QED) is 0.329. The van der Waals surface area contributed by atoms with Gasteiger partial charge in [0.25, 0.3) is 0 Å². The van der Waals surface area contributed by atoms with Crippen molar-refractivity contribution in [2.24, 2.45) is 0 Å². The third-order valence-corrected chi connectivity index (χ3v) is 6.05. The van der Waals surface area contributed by atoms with Crippen LogP contribution in [0.3, 0.4) is 0 Å². The normalized spacial score (nSPS) is 11.6. The van der Waals surface area contributed by atoms with E-state index in [0.29, 0.717) is 23.1 Å². The second-order valence-electron chi connectivity index (χ2n) is 7.83. The topological polar surface area (TPSA) is 84.3 Å². The molecule has 0 bridgehead atoms. The summed E-state index contributed by atoms with van der Waals surface area (Å²) in [5, 5.41) is 12.4. The number of aromatic nitrogens is 6. The molecule has 5 heterocycles. The Morgan fingerprint density at radius 1 is 0.939 bits per heavy atom. The summed E-state index contributed by atoms with van der Waals surface area (Å²) in [7, 11) is 0. The van der Waals surface area contributed by atoms with Crippen molar-refractivity contribution in [2.75, 3.05) is 5.32 Å². The Kier molecular flexibility index (Phi) is 4.86. The maximum atomic E-state index is 6.22. The van der Waals surface area contributed by atoms with Crippen LogP contribution in [-0.2, 0) is 13.1 Å². The average molecular weight is 474 g/mol. The van der Waals surface area contributed by atoms with E-state index in [9.17, 15) is 0 Å². The van der Waals surface area contributed by atoms with Crippen molar-refractivity contribution in [3.8, 4) is 0 Å². The standard InChI is InChI=1S/C24H17Cl2N7/c25-18-7-17-5-14(1-2-21(17)28-10-18)12-33-13-16-3-4-27-24(22(16)32-33)30-9-15-6-19-20(26)11-31-23(19)29-8-15/h1-8,10-11,13H,9,12H2,(H,27,30)(H,29,31). The lowest BCUT2D eigenvalue weighted by Gasteiger charge is -2.06. The first-order chi connectivity index (χ1) is 16.1. The fourth-order valence-corrected chi connectivity index (χ4v) is 4.31. The Balaban J connectivity index is 1.25. The van der Waals surface area contributed by atoms with E-state index in [2.05, 4.69) is 37.4 Å². The monoisotopic (exact) mass is 473 g/mol. The molecule has 0 aliphatic rings. The van der Waals surface area contributed by atoms with Gasteiger partial charge in [-0.15, -0.1) is 0 Å². The third kappa shape index (κ3) is 3.86. The van der Waals surface area contributed by atoms with Gasteiger partial charge in [-0.1, -0.05) is 29.3 Å². The van der Waals surface area contributed by atoms with Gasteiger partial charge < -0.3 is 10.3 Å². The van der Waals surface area contributed by atoms with Crippen LogP contribution < -0.4 is 5.32 Å². The molecule has 0 radical (unpaired) electrons. The van der Waals surface area contributed by atoms with Crippen LogP contribution in [0.2, 0.25) is 10.0 Å². The summed E-state index contributed by atoms with van der Waals surface area (Å²) < 4.78 is 1.92. The van der Waals surface area contributed by atoms with E-state index in [-0.39, 0.29) is 0 Å². The van der Waals surface area contributed by atoms with Gasteiger partial charge in [0.05, 0.1) is 22.1 Å². The number of pyridine rings is 3. The maximum absolute atomic E-state index is 6.22.